The van der Waals surface area contributed by atoms with E-state index in [9.17, 15) is 18.0 Å². The Labute approximate surface area is 168 Å². The summed E-state index contributed by atoms with van der Waals surface area (Å²) in [6.07, 6.45) is -4.69. The van der Waals surface area contributed by atoms with Crippen molar-refractivity contribution in [2.24, 2.45) is 0 Å². The number of aromatic nitrogens is 3. The Balaban J connectivity index is 1.79. The number of carbonyl (C=O) groups is 1. The van der Waals surface area contributed by atoms with Crippen LogP contribution in [0.1, 0.15) is 11.5 Å². The summed E-state index contributed by atoms with van der Waals surface area (Å²) in [7, 11) is 0. The Morgan fingerprint density at radius 3 is 2.41 bits per heavy atom. The number of benzene rings is 2. The van der Waals surface area contributed by atoms with Crippen molar-refractivity contribution in [2.75, 3.05) is 4.90 Å². The van der Waals surface area contributed by atoms with Gasteiger partial charge in [0.15, 0.2) is 5.13 Å². The molecule has 2 aromatic carbocycles. The van der Waals surface area contributed by atoms with E-state index in [1.165, 1.54) is 28.4 Å². The molecule has 0 aliphatic rings. The maximum absolute atomic E-state index is 13.6. The Hall–Kier alpha value is -3.20. The second kappa shape index (κ2) is 7.32. The van der Waals surface area contributed by atoms with Crippen LogP contribution in [0, 0.1) is 6.92 Å². The SMILES string of the molecule is Cc1csc(N(C(=O)Cn2c(C(F)(F)F)nc3ccccc32)c2ccccc2)n1. The molecule has 4 rings (SSSR count). The number of thiazole rings is 1. The minimum absolute atomic E-state index is 0.184. The van der Waals surface area contributed by atoms with Crippen molar-refractivity contribution in [3.63, 3.8) is 0 Å². The van der Waals surface area contributed by atoms with E-state index in [1.807, 2.05) is 0 Å². The van der Waals surface area contributed by atoms with E-state index < -0.39 is 24.5 Å². The van der Waals surface area contributed by atoms with E-state index in [0.29, 0.717) is 10.8 Å². The van der Waals surface area contributed by atoms with E-state index in [4.69, 9.17) is 0 Å². The first-order chi connectivity index (χ1) is 13.8. The number of para-hydroxylation sites is 3. The van der Waals surface area contributed by atoms with Crippen molar-refractivity contribution in [2.45, 2.75) is 19.6 Å². The first-order valence-electron chi connectivity index (χ1n) is 8.67. The number of amides is 1. The zero-order valence-electron chi connectivity index (χ0n) is 15.2. The second-order valence-electron chi connectivity index (χ2n) is 6.34. The number of alkyl halides is 3. The van der Waals surface area contributed by atoms with Crippen LogP contribution >= 0.6 is 11.3 Å². The number of imidazole rings is 1. The van der Waals surface area contributed by atoms with E-state index in [2.05, 4.69) is 9.97 Å². The molecule has 0 aliphatic carbocycles. The Bertz CT molecular complexity index is 1170. The standard InChI is InChI=1S/C20H15F3N4OS/c1-13-12-29-19(24-13)27(14-7-3-2-4-8-14)17(28)11-26-16-10-6-5-9-15(16)25-18(26)20(21,22)23/h2-10,12H,11H2,1H3. The number of aryl methyl sites for hydroxylation is 1. The van der Waals surface area contributed by atoms with E-state index in [0.717, 1.165) is 10.3 Å². The molecule has 0 aliphatic heterocycles. The lowest BCUT2D eigenvalue weighted by atomic mass is 10.3. The summed E-state index contributed by atoms with van der Waals surface area (Å²) >= 11 is 1.25. The molecule has 5 nitrogen and oxygen atoms in total. The van der Waals surface area contributed by atoms with Gasteiger partial charge in [-0.2, -0.15) is 13.2 Å². The monoisotopic (exact) mass is 416 g/mol. The summed E-state index contributed by atoms with van der Waals surface area (Å²) in [6.45, 7) is 1.27. The summed E-state index contributed by atoms with van der Waals surface area (Å²) in [4.78, 5) is 22.6. The van der Waals surface area contributed by atoms with Gasteiger partial charge in [0, 0.05) is 5.38 Å². The molecule has 0 saturated carbocycles. The van der Waals surface area contributed by atoms with Crippen LogP contribution in [0.3, 0.4) is 0 Å². The van der Waals surface area contributed by atoms with Gasteiger partial charge in [0.1, 0.15) is 6.54 Å². The molecule has 29 heavy (non-hydrogen) atoms. The molecular weight excluding hydrogens is 401 g/mol. The van der Waals surface area contributed by atoms with Crippen molar-refractivity contribution in [3.05, 3.63) is 71.5 Å². The normalized spacial score (nSPS) is 11.7. The third kappa shape index (κ3) is 3.73. The highest BCUT2D eigenvalue weighted by atomic mass is 32.1. The predicted molar refractivity (Wildman–Crippen MR) is 105 cm³/mol. The van der Waals surface area contributed by atoms with Crippen LogP contribution in [0.2, 0.25) is 0 Å². The average molecular weight is 416 g/mol. The van der Waals surface area contributed by atoms with Gasteiger partial charge in [-0.05, 0) is 31.2 Å². The minimum Gasteiger partial charge on any atom is -0.311 e. The van der Waals surface area contributed by atoms with Crippen molar-refractivity contribution in [1.82, 2.24) is 14.5 Å². The van der Waals surface area contributed by atoms with Crippen LogP contribution in [0.25, 0.3) is 11.0 Å². The van der Waals surface area contributed by atoms with Crippen molar-refractivity contribution >= 4 is 39.1 Å². The molecule has 2 aromatic heterocycles. The predicted octanol–water partition coefficient (Wildman–Crippen LogP) is 5.18. The molecular formula is C20H15F3N4OS. The largest absolute Gasteiger partial charge is 0.449 e. The van der Waals surface area contributed by atoms with Gasteiger partial charge in [-0.1, -0.05) is 30.3 Å². The Morgan fingerprint density at radius 1 is 1.07 bits per heavy atom. The van der Waals surface area contributed by atoms with Crippen LogP contribution in [0.4, 0.5) is 24.0 Å². The molecule has 1 amide bonds. The van der Waals surface area contributed by atoms with Gasteiger partial charge < -0.3 is 4.57 Å². The molecule has 2 heterocycles. The average Bonchev–Trinajstić information content (AvgIpc) is 3.27. The summed E-state index contributed by atoms with van der Waals surface area (Å²) in [5, 5.41) is 2.18. The van der Waals surface area contributed by atoms with Gasteiger partial charge in [0.25, 0.3) is 5.91 Å². The molecule has 9 heteroatoms. The topological polar surface area (TPSA) is 51.0 Å². The summed E-state index contributed by atoms with van der Waals surface area (Å²) in [5.74, 6) is -1.64. The fourth-order valence-electron chi connectivity index (χ4n) is 3.04. The van der Waals surface area contributed by atoms with Gasteiger partial charge in [-0.15, -0.1) is 11.3 Å². The lowest BCUT2D eigenvalue weighted by molar-refractivity contribution is -0.147. The Kier molecular flexibility index (Phi) is 4.83. The van der Waals surface area contributed by atoms with Gasteiger partial charge in [-0.3, -0.25) is 9.69 Å². The van der Waals surface area contributed by atoms with Crippen LogP contribution in [0.15, 0.2) is 60.0 Å². The number of rotatable bonds is 4. The van der Waals surface area contributed by atoms with Gasteiger partial charge in [0.2, 0.25) is 5.82 Å². The molecule has 0 N–H and O–H groups in total. The van der Waals surface area contributed by atoms with Gasteiger partial charge in [0.05, 0.1) is 22.4 Å². The van der Waals surface area contributed by atoms with Crippen LogP contribution in [0.5, 0.6) is 0 Å². The molecule has 0 spiro atoms. The van der Waals surface area contributed by atoms with E-state index >= 15 is 0 Å². The van der Waals surface area contributed by atoms with Gasteiger partial charge in [-0.25, -0.2) is 9.97 Å². The number of nitrogens with zero attached hydrogens (tertiary/aromatic N) is 4. The first-order valence-corrected chi connectivity index (χ1v) is 9.55. The molecule has 0 saturated heterocycles. The maximum atomic E-state index is 13.6. The highest BCUT2D eigenvalue weighted by Crippen LogP contribution is 2.33. The summed E-state index contributed by atoms with van der Waals surface area (Å²) in [5.41, 5.74) is 1.69. The van der Waals surface area contributed by atoms with Crippen LogP contribution in [-0.4, -0.2) is 20.4 Å². The number of halogens is 3. The molecule has 0 unspecified atom stereocenters. The quantitative estimate of drug-likeness (QED) is 0.460. The zero-order valence-corrected chi connectivity index (χ0v) is 16.0. The Morgan fingerprint density at radius 2 is 1.76 bits per heavy atom. The molecule has 0 radical (unpaired) electrons. The van der Waals surface area contributed by atoms with Crippen LogP contribution in [-0.2, 0) is 17.5 Å². The third-order valence-electron chi connectivity index (χ3n) is 4.26. The first kappa shape index (κ1) is 19.1. The van der Waals surface area contributed by atoms with E-state index in [1.54, 1.807) is 54.8 Å². The molecule has 0 fully saturated rings. The minimum atomic E-state index is -4.69. The molecule has 4 aromatic rings. The van der Waals surface area contributed by atoms with Crippen LogP contribution < -0.4 is 4.90 Å². The third-order valence-corrected chi connectivity index (χ3v) is 5.21. The number of fused-ring (bicyclic) bond motifs is 1. The fraction of sp³-hybridized carbons (Fsp3) is 0.150. The highest BCUT2D eigenvalue weighted by molar-refractivity contribution is 7.14. The number of carbonyl (C=O) groups excluding carboxylic acids is 1. The highest BCUT2D eigenvalue weighted by Gasteiger charge is 2.38. The van der Waals surface area contributed by atoms with Crippen molar-refractivity contribution in [1.29, 1.82) is 0 Å². The van der Waals surface area contributed by atoms with Crippen molar-refractivity contribution < 1.29 is 18.0 Å². The molecule has 0 atom stereocenters. The number of hydrogen-bond donors (Lipinski definition) is 0. The zero-order chi connectivity index (χ0) is 20.6. The number of anilines is 2. The molecule has 0 bridgehead atoms. The maximum Gasteiger partial charge on any atom is 0.449 e. The summed E-state index contributed by atoms with van der Waals surface area (Å²) in [6, 6.07) is 15.0. The fourth-order valence-corrected chi connectivity index (χ4v) is 3.88. The van der Waals surface area contributed by atoms with Crippen molar-refractivity contribution in [3.8, 4) is 0 Å². The number of hydrogen-bond acceptors (Lipinski definition) is 4. The lowest BCUT2D eigenvalue weighted by Crippen LogP contribution is -2.31. The lowest BCUT2D eigenvalue weighted by Gasteiger charge is -2.21. The van der Waals surface area contributed by atoms with E-state index in [-0.39, 0.29) is 11.0 Å². The molecule has 148 valence electrons. The smallest absolute Gasteiger partial charge is 0.311 e. The van der Waals surface area contributed by atoms with Gasteiger partial charge >= 0.3 is 6.18 Å². The second-order valence-corrected chi connectivity index (χ2v) is 7.18. The summed E-state index contributed by atoms with van der Waals surface area (Å²) < 4.78 is 41.6.